The monoisotopic (exact) mass is 268 g/mol. The molecule has 0 saturated carbocycles. The van der Waals surface area contributed by atoms with E-state index >= 15 is 0 Å². The third-order valence-corrected chi connectivity index (χ3v) is 3.85. The second-order valence-corrected chi connectivity index (χ2v) is 5.64. The van der Waals surface area contributed by atoms with Gasteiger partial charge in [0.1, 0.15) is 0 Å². The van der Waals surface area contributed by atoms with E-state index in [2.05, 4.69) is 50.9 Å². The van der Waals surface area contributed by atoms with Crippen molar-refractivity contribution in [3.63, 3.8) is 0 Å². The maximum absolute atomic E-state index is 5.84. The smallest absolute Gasteiger partial charge is 0.0384 e. The molecule has 106 valence electrons. The van der Waals surface area contributed by atoms with E-state index in [1.165, 1.54) is 27.9 Å². The lowest BCUT2D eigenvalue weighted by molar-refractivity contribution is 0.865. The zero-order valence-corrected chi connectivity index (χ0v) is 12.9. The number of anilines is 2. The fraction of sp³-hybridized carbons (Fsp3) is 0.333. The molecule has 0 aromatic heterocycles. The zero-order chi connectivity index (χ0) is 14.7. The van der Waals surface area contributed by atoms with Crippen molar-refractivity contribution >= 4 is 11.4 Å². The van der Waals surface area contributed by atoms with Gasteiger partial charge >= 0.3 is 0 Å². The van der Waals surface area contributed by atoms with E-state index in [-0.39, 0.29) is 0 Å². The van der Waals surface area contributed by atoms with E-state index in [1.807, 2.05) is 18.2 Å². The first-order valence-electron chi connectivity index (χ1n) is 7.11. The lowest BCUT2D eigenvalue weighted by atomic mass is 9.97. The third-order valence-electron chi connectivity index (χ3n) is 3.85. The van der Waals surface area contributed by atoms with Gasteiger partial charge in [-0.1, -0.05) is 23.8 Å². The highest BCUT2D eigenvalue weighted by Gasteiger charge is 2.06. The van der Waals surface area contributed by atoms with Crippen molar-refractivity contribution in [1.82, 2.24) is 0 Å². The molecule has 2 aromatic carbocycles. The summed E-state index contributed by atoms with van der Waals surface area (Å²) in [5.41, 5.74) is 13.4. The quantitative estimate of drug-likeness (QED) is 0.853. The first kappa shape index (κ1) is 14.4. The van der Waals surface area contributed by atoms with Crippen molar-refractivity contribution in [2.75, 3.05) is 24.2 Å². The molecule has 0 unspecified atom stereocenters. The zero-order valence-electron chi connectivity index (χ0n) is 12.9. The summed E-state index contributed by atoms with van der Waals surface area (Å²) < 4.78 is 0. The molecular formula is C18H24N2. The van der Waals surface area contributed by atoms with Gasteiger partial charge in [0.15, 0.2) is 0 Å². The summed E-state index contributed by atoms with van der Waals surface area (Å²) in [7, 11) is 2.12. The molecule has 2 heteroatoms. The maximum atomic E-state index is 5.84. The first-order valence-corrected chi connectivity index (χ1v) is 7.11. The van der Waals surface area contributed by atoms with Gasteiger partial charge in [0.05, 0.1) is 0 Å². The van der Waals surface area contributed by atoms with Gasteiger partial charge in [-0.15, -0.1) is 0 Å². The van der Waals surface area contributed by atoms with Crippen molar-refractivity contribution in [2.45, 2.75) is 27.2 Å². The van der Waals surface area contributed by atoms with Crippen LogP contribution in [-0.4, -0.2) is 13.6 Å². The molecule has 0 atom stereocenters. The van der Waals surface area contributed by atoms with Crippen LogP contribution in [-0.2, 0) is 6.42 Å². The lowest BCUT2D eigenvalue weighted by Crippen LogP contribution is -2.21. The molecule has 0 heterocycles. The number of rotatable bonds is 4. The Morgan fingerprint density at radius 1 is 1.00 bits per heavy atom. The van der Waals surface area contributed by atoms with Crippen LogP contribution >= 0.6 is 0 Å². The van der Waals surface area contributed by atoms with E-state index < -0.39 is 0 Å². The predicted octanol–water partition coefficient (Wildman–Crippen LogP) is 3.87. The number of hydrogen-bond donors (Lipinski definition) is 1. The van der Waals surface area contributed by atoms with E-state index in [0.717, 1.165) is 18.7 Å². The van der Waals surface area contributed by atoms with Gasteiger partial charge in [-0.05, 0) is 62.1 Å². The number of aryl methyl sites for hydroxylation is 3. The summed E-state index contributed by atoms with van der Waals surface area (Å²) >= 11 is 0. The molecule has 0 bridgehead atoms. The van der Waals surface area contributed by atoms with E-state index in [1.54, 1.807) is 0 Å². The summed E-state index contributed by atoms with van der Waals surface area (Å²) in [5, 5.41) is 0. The summed E-state index contributed by atoms with van der Waals surface area (Å²) in [5.74, 6) is 0. The van der Waals surface area contributed by atoms with Gasteiger partial charge in [0, 0.05) is 25.0 Å². The molecule has 0 spiro atoms. The molecule has 0 fully saturated rings. The molecule has 0 saturated heterocycles. The van der Waals surface area contributed by atoms with Gasteiger partial charge in [0.2, 0.25) is 0 Å². The summed E-state index contributed by atoms with van der Waals surface area (Å²) in [4.78, 5) is 2.26. The molecule has 20 heavy (non-hydrogen) atoms. The SMILES string of the molecule is Cc1cc(C)c(CCN(C)c2cccc(N)c2)c(C)c1. The molecule has 0 amide bonds. The van der Waals surface area contributed by atoms with Gasteiger partial charge in [-0.25, -0.2) is 0 Å². The van der Waals surface area contributed by atoms with Gasteiger partial charge in [-0.2, -0.15) is 0 Å². The highest BCUT2D eigenvalue weighted by Crippen LogP contribution is 2.20. The summed E-state index contributed by atoms with van der Waals surface area (Å²) in [6.07, 6.45) is 1.06. The van der Waals surface area contributed by atoms with Crippen molar-refractivity contribution in [2.24, 2.45) is 0 Å². The van der Waals surface area contributed by atoms with Crippen molar-refractivity contribution in [3.8, 4) is 0 Å². The average Bonchev–Trinajstić information content (AvgIpc) is 2.37. The molecule has 2 rings (SSSR count). The highest BCUT2D eigenvalue weighted by molar-refractivity contribution is 5.55. The Morgan fingerprint density at radius 2 is 1.65 bits per heavy atom. The topological polar surface area (TPSA) is 29.3 Å². The van der Waals surface area contributed by atoms with Crippen molar-refractivity contribution in [1.29, 1.82) is 0 Å². The fourth-order valence-corrected chi connectivity index (χ4v) is 2.78. The third kappa shape index (κ3) is 3.32. The number of likely N-dealkylation sites (N-methyl/N-ethyl adjacent to an activating group) is 1. The van der Waals surface area contributed by atoms with Crippen LogP contribution in [0.5, 0.6) is 0 Å². The number of nitrogens with two attached hydrogens (primary N) is 1. The standard InChI is InChI=1S/C18H24N2/c1-13-10-14(2)18(15(3)11-13)8-9-20(4)17-7-5-6-16(19)12-17/h5-7,10-12H,8-9,19H2,1-4H3. The van der Waals surface area contributed by atoms with Crippen molar-refractivity contribution in [3.05, 3.63) is 58.7 Å². The summed E-state index contributed by atoms with van der Waals surface area (Å²) in [6, 6.07) is 12.6. The molecule has 0 radical (unpaired) electrons. The van der Waals surface area contributed by atoms with Gasteiger partial charge < -0.3 is 10.6 Å². The molecule has 2 N–H and O–H groups in total. The lowest BCUT2D eigenvalue weighted by Gasteiger charge is -2.21. The van der Waals surface area contributed by atoms with Gasteiger partial charge in [-0.3, -0.25) is 0 Å². The second kappa shape index (κ2) is 6.00. The Labute approximate surface area is 122 Å². The highest BCUT2D eigenvalue weighted by atomic mass is 15.1. The van der Waals surface area contributed by atoms with E-state index in [0.29, 0.717) is 0 Å². The van der Waals surface area contributed by atoms with E-state index in [4.69, 9.17) is 5.73 Å². The number of nitrogens with zero attached hydrogens (tertiary/aromatic N) is 1. The average molecular weight is 268 g/mol. The van der Waals surface area contributed by atoms with E-state index in [9.17, 15) is 0 Å². The maximum Gasteiger partial charge on any atom is 0.0384 e. The molecule has 0 aliphatic carbocycles. The Morgan fingerprint density at radius 3 is 2.25 bits per heavy atom. The van der Waals surface area contributed by atoms with Crippen LogP contribution in [0.15, 0.2) is 36.4 Å². The minimum Gasteiger partial charge on any atom is -0.399 e. The Hall–Kier alpha value is -1.96. The molecule has 0 aliphatic rings. The Bertz CT molecular complexity index is 579. The minimum absolute atomic E-state index is 0.817. The van der Waals surface area contributed by atoms with Crippen LogP contribution in [0.1, 0.15) is 22.3 Å². The first-order chi connectivity index (χ1) is 9.47. The fourth-order valence-electron chi connectivity index (χ4n) is 2.78. The number of benzene rings is 2. The molecule has 2 aromatic rings. The second-order valence-electron chi connectivity index (χ2n) is 5.64. The van der Waals surface area contributed by atoms with Crippen LogP contribution in [0.2, 0.25) is 0 Å². The van der Waals surface area contributed by atoms with Crippen LogP contribution < -0.4 is 10.6 Å². The molecular weight excluding hydrogens is 244 g/mol. The largest absolute Gasteiger partial charge is 0.399 e. The normalized spacial score (nSPS) is 10.6. The van der Waals surface area contributed by atoms with Crippen LogP contribution in [0, 0.1) is 20.8 Å². The van der Waals surface area contributed by atoms with Gasteiger partial charge in [0.25, 0.3) is 0 Å². The Balaban J connectivity index is 2.09. The van der Waals surface area contributed by atoms with Crippen molar-refractivity contribution < 1.29 is 0 Å². The predicted molar refractivity (Wildman–Crippen MR) is 88.5 cm³/mol. The number of nitrogen functional groups attached to an aromatic ring is 1. The number of hydrogen-bond acceptors (Lipinski definition) is 2. The molecule has 0 aliphatic heterocycles. The van der Waals surface area contributed by atoms with Crippen LogP contribution in [0.3, 0.4) is 0 Å². The molecule has 2 nitrogen and oxygen atoms in total. The summed E-state index contributed by atoms with van der Waals surface area (Å²) in [6.45, 7) is 7.56. The minimum atomic E-state index is 0.817. The van der Waals surface area contributed by atoms with Crippen LogP contribution in [0.4, 0.5) is 11.4 Å². The van der Waals surface area contributed by atoms with Crippen LogP contribution in [0.25, 0.3) is 0 Å². The Kier molecular flexibility index (Phi) is 4.33.